The second-order valence-corrected chi connectivity index (χ2v) is 2.85. The van der Waals surface area contributed by atoms with Gasteiger partial charge in [0.1, 0.15) is 12.4 Å². The summed E-state index contributed by atoms with van der Waals surface area (Å²) in [6, 6.07) is 0. The smallest absolute Gasteiger partial charge is 0.148 e. The lowest BCUT2D eigenvalue weighted by atomic mass is 10.1. The van der Waals surface area contributed by atoms with Gasteiger partial charge in [-0.15, -0.1) is 0 Å². The molecule has 0 spiro atoms. The van der Waals surface area contributed by atoms with Crippen molar-refractivity contribution in [2.24, 2.45) is 4.99 Å². The van der Waals surface area contributed by atoms with Crippen LogP contribution in [0.1, 0.15) is 32.1 Å². The van der Waals surface area contributed by atoms with Gasteiger partial charge in [-0.1, -0.05) is 19.3 Å². The number of aliphatic imine (C=N–C) groups is 1. The minimum absolute atomic E-state index is 0.588. The fourth-order valence-corrected chi connectivity index (χ4v) is 0.999. The minimum atomic E-state index is -0.762. The molecule has 0 bridgehead atoms. The summed E-state index contributed by atoms with van der Waals surface area (Å²) in [5.74, 6) is 0. The molecule has 0 rings (SSSR count). The number of rotatable bonds is 8. The molecule has 3 nitrogen and oxygen atoms in total. The van der Waals surface area contributed by atoms with Crippen LogP contribution in [0.15, 0.2) is 4.99 Å². The van der Waals surface area contributed by atoms with E-state index in [1.165, 1.54) is 0 Å². The summed E-state index contributed by atoms with van der Waals surface area (Å²) in [6.07, 6.45) is 4.54. The summed E-state index contributed by atoms with van der Waals surface area (Å²) in [5.41, 5.74) is 0. The van der Waals surface area contributed by atoms with Crippen LogP contribution in [0.4, 0.5) is 0 Å². The van der Waals surface area contributed by atoms with Gasteiger partial charge in [-0.05, 0) is 19.6 Å². The number of hydrogen-bond donors (Lipinski definition) is 1. The Morgan fingerprint density at radius 3 is 2.58 bits per heavy atom. The molecular formula is C9H17NO2. The van der Waals surface area contributed by atoms with E-state index in [0.29, 0.717) is 12.7 Å². The molecule has 0 aromatic carbocycles. The quantitative estimate of drug-likeness (QED) is 0.339. The molecule has 0 aliphatic heterocycles. The highest BCUT2D eigenvalue weighted by Crippen LogP contribution is 2.04. The number of aliphatic hydroxyl groups is 1. The normalized spacial score (nSPS) is 12.4. The molecule has 70 valence electrons. The van der Waals surface area contributed by atoms with E-state index < -0.39 is 6.10 Å². The number of unbranched alkanes of at least 4 members (excludes halogenated alkanes) is 3. The van der Waals surface area contributed by atoms with Crippen LogP contribution in [0.2, 0.25) is 0 Å². The van der Waals surface area contributed by atoms with Gasteiger partial charge in [0.05, 0.1) is 0 Å². The number of aldehydes is 1. The zero-order chi connectivity index (χ0) is 9.23. The maximum absolute atomic E-state index is 10.00. The molecule has 0 aromatic rings. The molecule has 0 amide bonds. The van der Waals surface area contributed by atoms with E-state index in [1.54, 1.807) is 0 Å². The van der Waals surface area contributed by atoms with Gasteiger partial charge in [-0.25, -0.2) is 0 Å². The van der Waals surface area contributed by atoms with Crippen molar-refractivity contribution in [3.8, 4) is 0 Å². The Bertz CT molecular complexity index is 126. The number of carbonyl (C=O) groups is 1. The highest BCUT2D eigenvalue weighted by molar-refractivity contribution is 5.55. The summed E-state index contributed by atoms with van der Waals surface area (Å²) >= 11 is 0. The molecule has 0 aromatic heterocycles. The molecule has 1 N–H and O–H groups in total. The molecule has 0 heterocycles. The second kappa shape index (κ2) is 8.40. The summed E-state index contributed by atoms with van der Waals surface area (Å²) < 4.78 is 0. The van der Waals surface area contributed by atoms with Gasteiger partial charge in [0.25, 0.3) is 0 Å². The van der Waals surface area contributed by atoms with Crippen molar-refractivity contribution in [2.45, 2.75) is 38.2 Å². The molecule has 0 aliphatic carbocycles. The molecule has 12 heavy (non-hydrogen) atoms. The summed E-state index contributed by atoms with van der Waals surface area (Å²) in [4.78, 5) is 13.7. The molecule has 1 atom stereocenters. The van der Waals surface area contributed by atoms with Crippen molar-refractivity contribution in [1.82, 2.24) is 0 Å². The Kier molecular flexibility index (Phi) is 7.91. The van der Waals surface area contributed by atoms with Crippen LogP contribution >= 0.6 is 0 Å². The van der Waals surface area contributed by atoms with Gasteiger partial charge in [0.2, 0.25) is 0 Å². The summed E-state index contributed by atoms with van der Waals surface area (Å²) in [7, 11) is 0. The van der Waals surface area contributed by atoms with Crippen molar-refractivity contribution in [3.05, 3.63) is 0 Å². The first-order valence-corrected chi connectivity index (χ1v) is 4.37. The topological polar surface area (TPSA) is 49.7 Å². The Morgan fingerprint density at radius 2 is 2.00 bits per heavy atom. The minimum Gasteiger partial charge on any atom is -0.386 e. The van der Waals surface area contributed by atoms with Crippen molar-refractivity contribution >= 4 is 13.0 Å². The largest absolute Gasteiger partial charge is 0.386 e. The Morgan fingerprint density at radius 1 is 1.33 bits per heavy atom. The highest BCUT2D eigenvalue weighted by Gasteiger charge is 1.99. The van der Waals surface area contributed by atoms with Crippen molar-refractivity contribution < 1.29 is 9.90 Å². The average Bonchev–Trinajstić information content (AvgIpc) is 2.10. The maximum atomic E-state index is 10.00. The van der Waals surface area contributed by atoms with Crippen LogP contribution in [0.25, 0.3) is 0 Å². The van der Waals surface area contributed by atoms with Crippen LogP contribution in [0, 0.1) is 0 Å². The lowest BCUT2D eigenvalue weighted by Gasteiger charge is -2.01. The van der Waals surface area contributed by atoms with Crippen LogP contribution in [0.3, 0.4) is 0 Å². The predicted molar refractivity (Wildman–Crippen MR) is 49.6 cm³/mol. The fourth-order valence-electron chi connectivity index (χ4n) is 0.999. The van der Waals surface area contributed by atoms with Crippen molar-refractivity contribution in [3.63, 3.8) is 0 Å². The maximum Gasteiger partial charge on any atom is 0.148 e. The zero-order valence-electron chi connectivity index (χ0n) is 7.41. The van der Waals surface area contributed by atoms with Gasteiger partial charge in [0.15, 0.2) is 0 Å². The molecule has 3 heteroatoms. The van der Waals surface area contributed by atoms with Crippen LogP contribution in [0.5, 0.6) is 0 Å². The van der Waals surface area contributed by atoms with E-state index in [1.807, 2.05) is 0 Å². The van der Waals surface area contributed by atoms with Crippen LogP contribution in [-0.2, 0) is 4.79 Å². The highest BCUT2D eigenvalue weighted by atomic mass is 16.3. The molecule has 0 saturated heterocycles. The number of carbonyl (C=O) groups excluding carboxylic acids is 1. The van der Waals surface area contributed by atoms with E-state index in [2.05, 4.69) is 11.7 Å². The standard InChI is InChI=1S/C9H17NO2/c1-10-7-5-3-2-4-6-9(12)8-11/h8-9,12H,1-7H2. The first-order chi connectivity index (χ1) is 5.81. The predicted octanol–water partition coefficient (Wildman–Crippen LogP) is 1.20. The van der Waals surface area contributed by atoms with Crippen molar-refractivity contribution in [2.75, 3.05) is 6.54 Å². The third-order valence-electron chi connectivity index (χ3n) is 1.72. The van der Waals surface area contributed by atoms with Crippen molar-refractivity contribution in [1.29, 1.82) is 0 Å². The van der Waals surface area contributed by atoms with E-state index in [0.717, 1.165) is 32.2 Å². The Hall–Kier alpha value is -0.700. The van der Waals surface area contributed by atoms with Crippen LogP contribution < -0.4 is 0 Å². The summed E-state index contributed by atoms with van der Waals surface area (Å²) in [5, 5.41) is 8.86. The molecule has 1 unspecified atom stereocenters. The number of nitrogens with zero attached hydrogens (tertiary/aromatic N) is 1. The van der Waals surface area contributed by atoms with E-state index in [-0.39, 0.29) is 0 Å². The zero-order valence-corrected chi connectivity index (χ0v) is 7.41. The SMILES string of the molecule is C=NCCCCCCC(O)C=O. The first kappa shape index (κ1) is 11.3. The third-order valence-corrected chi connectivity index (χ3v) is 1.72. The lowest BCUT2D eigenvalue weighted by Crippen LogP contribution is -2.06. The second-order valence-electron chi connectivity index (χ2n) is 2.85. The van der Waals surface area contributed by atoms with E-state index >= 15 is 0 Å². The number of hydrogen-bond acceptors (Lipinski definition) is 3. The molecule has 0 fully saturated rings. The Balaban J connectivity index is 2.99. The fraction of sp³-hybridized carbons (Fsp3) is 0.778. The lowest BCUT2D eigenvalue weighted by molar-refractivity contribution is -0.115. The van der Waals surface area contributed by atoms with Gasteiger partial charge < -0.3 is 14.9 Å². The molecule has 0 saturated carbocycles. The van der Waals surface area contributed by atoms with E-state index in [4.69, 9.17) is 5.11 Å². The third kappa shape index (κ3) is 7.41. The van der Waals surface area contributed by atoms with Crippen LogP contribution in [-0.4, -0.2) is 30.8 Å². The average molecular weight is 171 g/mol. The number of aliphatic hydroxyl groups excluding tert-OH is 1. The molecule has 0 aliphatic rings. The van der Waals surface area contributed by atoms with Gasteiger partial charge in [-0.2, -0.15) is 0 Å². The monoisotopic (exact) mass is 171 g/mol. The molecule has 0 radical (unpaired) electrons. The van der Waals surface area contributed by atoms with Gasteiger partial charge in [0, 0.05) is 6.54 Å². The van der Waals surface area contributed by atoms with Gasteiger partial charge in [-0.3, -0.25) is 0 Å². The molecular weight excluding hydrogens is 154 g/mol. The first-order valence-electron chi connectivity index (χ1n) is 4.37. The van der Waals surface area contributed by atoms with E-state index in [9.17, 15) is 4.79 Å². The van der Waals surface area contributed by atoms with Gasteiger partial charge >= 0.3 is 0 Å². The Labute approximate surface area is 73.5 Å². The summed E-state index contributed by atoms with van der Waals surface area (Å²) in [6.45, 7) is 4.20.